The number of anilines is 1. The Bertz CT molecular complexity index is 1100. The van der Waals surface area contributed by atoms with Crippen molar-refractivity contribution in [1.29, 1.82) is 0 Å². The second-order valence-electron chi connectivity index (χ2n) is 7.39. The highest BCUT2D eigenvalue weighted by Gasteiger charge is 2.12. The van der Waals surface area contributed by atoms with Crippen LogP contribution in [0.5, 0.6) is 0 Å². The van der Waals surface area contributed by atoms with Crippen LogP contribution in [0, 0.1) is 0 Å². The third-order valence-electron chi connectivity index (χ3n) is 5.07. The fourth-order valence-electron chi connectivity index (χ4n) is 3.51. The van der Waals surface area contributed by atoms with Gasteiger partial charge in [0.2, 0.25) is 5.91 Å². The van der Waals surface area contributed by atoms with E-state index in [1.54, 1.807) is 23.0 Å². The van der Waals surface area contributed by atoms with E-state index in [-0.39, 0.29) is 18.4 Å². The van der Waals surface area contributed by atoms with E-state index in [0.29, 0.717) is 10.7 Å². The summed E-state index contributed by atoms with van der Waals surface area (Å²) in [5.74, 6) is -0.583. The molecule has 2 heterocycles. The molecule has 2 amide bonds. The molecule has 0 unspecified atom stereocenters. The molecule has 168 valence electrons. The number of amides is 2. The molecule has 0 radical (unpaired) electrons. The number of carbonyl (C=O) groups is 2. The van der Waals surface area contributed by atoms with E-state index in [1.807, 2.05) is 32.3 Å². The van der Waals surface area contributed by atoms with Crippen molar-refractivity contribution in [3.05, 3.63) is 65.3 Å². The van der Waals surface area contributed by atoms with E-state index in [1.165, 1.54) is 35.3 Å². The van der Waals surface area contributed by atoms with Crippen LogP contribution in [0.15, 0.2) is 54.2 Å². The van der Waals surface area contributed by atoms with E-state index in [4.69, 9.17) is 0 Å². The van der Waals surface area contributed by atoms with Crippen LogP contribution in [0.4, 0.5) is 5.13 Å². The molecule has 1 aliphatic carbocycles. The van der Waals surface area contributed by atoms with Crippen LogP contribution in [-0.4, -0.2) is 27.9 Å². The van der Waals surface area contributed by atoms with Gasteiger partial charge in [-0.05, 0) is 49.0 Å². The molecule has 0 saturated heterocycles. The summed E-state index contributed by atoms with van der Waals surface area (Å²) in [4.78, 5) is 28.8. The molecule has 0 saturated carbocycles. The topological polar surface area (TPSA) is 76.0 Å². The minimum absolute atomic E-state index is 0.105. The maximum atomic E-state index is 12.2. The highest BCUT2D eigenvalue weighted by Crippen LogP contribution is 2.31. The fraction of sp³-hybridized carbons (Fsp3) is 0.320. The summed E-state index contributed by atoms with van der Waals surface area (Å²) in [6.07, 6.45) is 10.6. The largest absolute Gasteiger partial charge is 0.356 e. The van der Waals surface area contributed by atoms with Crippen molar-refractivity contribution in [2.45, 2.75) is 39.5 Å². The highest BCUT2D eigenvalue weighted by atomic mass is 32.1. The molecule has 1 aromatic carbocycles. The van der Waals surface area contributed by atoms with E-state index < -0.39 is 0 Å². The molecular weight excluding hydrogens is 420 g/mol. The van der Waals surface area contributed by atoms with Crippen LogP contribution in [-0.2, 0) is 11.8 Å². The lowest BCUT2D eigenvalue weighted by Gasteiger charge is -2.13. The Balaban J connectivity index is 0.00000141. The molecule has 1 aliphatic rings. The first kappa shape index (κ1) is 23.5. The number of hydrogen-bond acceptors (Lipinski definition) is 4. The van der Waals surface area contributed by atoms with Gasteiger partial charge in [0.15, 0.2) is 5.13 Å². The maximum absolute atomic E-state index is 12.2. The Hall–Kier alpha value is -3.19. The number of nitrogens with one attached hydrogen (secondary N) is 2. The molecule has 2 aromatic heterocycles. The Morgan fingerprint density at radius 3 is 2.69 bits per heavy atom. The van der Waals surface area contributed by atoms with Gasteiger partial charge in [0.25, 0.3) is 5.91 Å². The number of aromatic nitrogens is 2. The molecule has 2 N–H and O–H groups in total. The van der Waals surface area contributed by atoms with Crippen LogP contribution in [0.2, 0.25) is 0 Å². The average molecular weight is 451 g/mol. The van der Waals surface area contributed by atoms with Crippen LogP contribution < -0.4 is 10.6 Å². The molecule has 32 heavy (non-hydrogen) atoms. The summed E-state index contributed by atoms with van der Waals surface area (Å²) < 4.78 is 1.78. The molecule has 7 heteroatoms. The normalized spacial score (nSPS) is 12.9. The number of rotatable bonds is 6. The standard InChI is InChI=1S/C23H24N4O2S.C2H6/c1-27-11-10-19(14-27)22(29)24-13-21(28)26-23-25-20(15-30-23)18-9-5-8-17(12-18)16-6-3-2-4-7-16;1-2/h5-6,8-12,14-15H,2-4,7,13H2,1H3,(H,24,29)(H,25,26,28);1-2H3. The summed E-state index contributed by atoms with van der Waals surface area (Å²) in [6.45, 7) is 3.90. The van der Waals surface area contributed by atoms with Crippen molar-refractivity contribution >= 4 is 33.9 Å². The van der Waals surface area contributed by atoms with Crippen molar-refractivity contribution in [3.63, 3.8) is 0 Å². The number of carbonyl (C=O) groups excluding carboxylic acids is 2. The lowest BCUT2D eigenvalue weighted by atomic mass is 9.92. The van der Waals surface area contributed by atoms with Gasteiger partial charge in [-0.2, -0.15) is 0 Å². The predicted molar refractivity (Wildman–Crippen MR) is 132 cm³/mol. The van der Waals surface area contributed by atoms with Crippen LogP contribution in [0.1, 0.15) is 55.5 Å². The highest BCUT2D eigenvalue weighted by molar-refractivity contribution is 7.14. The average Bonchev–Trinajstić information content (AvgIpc) is 3.49. The van der Waals surface area contributed by atoms with Crippen molar-refractivity contribution in [2.24, 2.45) is 7.05 Å². The zero-order valence-corrected chi connectivity index (χ0v) is 19.7. The van der Waals surface area contributed by atoms with Crippen LogP contribution in [0.25, 0.3) is 16.8 Å². The second kappa shape index (κ2) is 11.4. The van der Waals surface area contributed by atoms with Gasteiger partial charge < -0.3 is 15.2 Å². The number of hydrogen-bond donors (Lipinski definition) is 2. The summed E-state index contributed by atoms with van der Waals surface area (Å²) >= 11 is 1.37. The predicted octanol–water partition coefficient (Wildman–Crippen LogP) is 5.50. The number of benzene rings is 1. The third kappa shape index (κ3) is 6.17. The fourth-order valence-corrected chi connectivity index (χ4v) is 4.24. The zero-order chi connectivity index (χ0) is 22.9. The molecule has 6 nitrogen and oxygen atoms in total. The minimum Gasteiger partial charge on any atom is -0.356 e. The first-order valence-electron chi connectivity index (χ1n) is 11.0. The summed E-state index contributed by atoms with van der Waals surface area (Å²) in [6, 6.07) is 10.1. The molecular formula is C25H30N4O2S. The summed E-state index contributed by atoms with van der Waals surface area (Å²) in [5.41, 5.74) is 5.04. The van der Waals surface area contributed by atoms with Crippen LogP contribution in [0.3, 0.4) is 0 Å². The van der Waals surface area contributed by atoms with Crippen molar-refractivity contribution in [3.8, 4) is 11.3 Å². The van der Waals surface area contributed by atoms with Gasteiger partial charge in [-0.25, -0.2) is 4.98 Å². The van der Waals surface area contributed by atoms with Gasteiger partial charge in [0.05, 0.1) is 17.8 Å². The van der Waals surface area contributed by atoms with E-state index in [9.17, 15) is 9.59 Å². The van der Waals surface area contributed by atoms with E-state index in [0.717, 1.165) is 24.1 Å². The molecule has 0 aliphatic heterocycles. The monoisotopic (exact) mass is 450 g/mol. The lowest BCUT2D eigenvalue weighted by Crippen LogP contribution is -2.32. The van der Waals surface area contributed by atoms with Crippen LogP contribution >= 0.6 is 11.3 Å². The first-order chi connectivity index (χ1) is 15.6. The molecule has 0 atom stereocenters. The number of nitrogens with zero attached hydrogens (tertiary/aromatic N) is 2. The Morgan fingerprint density at radius 2 is 1.97 bits per heavy atom. The third-order valence-corrected chi connectivity index (χ3v) is 5.83. The Morgan fingerprint density at radius 1 is 1.16 bits per heavy atom. The molecule has 0 bridgehead atoms. The van der Waals surface area contributed by atoms with Gasteiger partial charge in [-0.3, -0.25) is 9.59 Å². The first-order valence-corrected chi connectivity index (χ1v) is 11.9. The Kier molecular flexibility index (Phi) is 8.39. The van der Waals surface area contributed by atoms with E-state index in [2.05, 4.69) is 39.9 Å². The van der Waals surface area contributed by atoms with Gasteiger partial charge in [-0.1, -0.05) is 38.1 Å². The van der Waals surface area contributed by atoms with Gasteiger partial charge in [-0.15, -0.1) is 11.3 Å². The van der Waals surface area contributed by atoms with Crippen molar-refractivity contribution in [2.75, 3.05) is 11.9 Å². The Labute approximate surface area is 193 Å². The summed E-state index contributed by atoms with van der Waals surface area (Å²) in [7, 11) is 1.84. The molecule has 0 fully saturated rings. The van der Waals surface area contributed by atoms with Crippen molar-refractivity contribution in [1.82, 2.24) is 14.9 Å². The number of allylic oxidation sites excluding steroid dienone is 2. The van der Waals surface area contributed by atoms with Gasteiger partial charge in [0, 0.05) is 30.4 Å². The summed E-state index contributed by atoms with van der Waals surface area (Å²) in [5, 5.41) is 7.84. The minimum atomic E-state index is -0.304. The number of thiazole rings is 1. The smallest absolute Gasteiger partial charge is 0.253 e. The number of aryl methyl sites for hydroxylation is 1. The maximum Gasteiger partial charge on any atom is 0.253 e. The van der Waals surface area contributed by atoms with E-state index >= 15 is 0 Å². The molecule has 0 spiro atoms. The van der Waals surface area contributed by atoms with Gasteiger partial charge >= 0.3 is 0 Å². The SMILES string of the molecule is CC.Cn1ccc(C(=O)NCC(=O)Nc2nc(-c3cccc(C4=CCCCC4)c3)cs2)c1. The molecule has 4 rings (SSSR count). The molecule has 3 aromatic rings. The van der Waals surface area contributed by atoms with Crippen molar-refractivity contribution < 1.29 is 9.59 Å². The quantitative estimate of drug-likeness (QED) is 0.521. The van der Waals surface area contributed by atoms with Gasteiger partial charge in [0.1, 0.15) is 0 Å². The zero-order valence-electron chi connectivity index (χ0n) is 18.9. The lowest BCUT2D eigenvalue weighted by molar-refractivity contribution is -0.115. The second-order valence-corrected chi connectivity index (χ2v) is 8.25.